The molecule has 0 aliphatic rings. The second-order valence-electron chi connectivity index (χ2n) is 4.80. The van der Waals surface area contributed by atoms with Crippen LogP contribution in [0.5, 0.6) is 5.75 Å². The normalized spacial score (nSPS) is 11.8. The number of benzene rings is 2. The maximum atomic E-state index is 12.2. The average Bonchev–Trinajstić information content (AvgIpc) is 2.48. The van der Waals surface area contributed by atoms with E-state index >= 15 is 0 Å². The minimum atomic E-state index is -0.138. The van der Waals surface area contributed by atoms with Crippen molar-refractivity contribution in [2.75, 3.05) is 7.11 Å². The van der Waals surface area contributed by atoms with Crippen molar-refractivity contribution < 1.29 is 9.53 Å². The topological polar surface area (TPSA) is 38.3 Å². The molecule has 1 unspecified atom stereocenters. The molecule has 1 N–H and O–H groups in total. The number of nitrogens with one attached hydrogen (secondary N) is 1. The van der Waals surface area contributed by atoms with Gasteiger partial charge >= 0.3 is 0 Å². The van der Waals surface area contributed by atoms with E-state index in [0.717, 1.165) is 16.9 Å². The maximum Gasteiger partial charge on any atom is 0.225 e. The van der Waals surface area contributed by atoms with Crippen LogP contribution in [0, 0.1) is 0 Å². The molecule has 0 aliphatic carbocycles. The predicted molar refractivity (Wildman–Crippen MR) is 84.7 cm³/mol. The van der Waals surface area contributed by atoms with Gasteiger partial charge in [-0.3, -0.25) is 4.79 Å². The molecular weight excluding hydrogens is 286 g/mol. The van der Waals surface area contributed by atoms with Gasteiger partial charge in [0.25, 0.3) is 0 Å². The smallest absolute Gasteiger partial charge is 0.225 e. The highest BCUT2D eigenvalue weighted by atomic mass is 35.5. The van der Waals surface area contributed by atoms with E-state index in [2.05, 4.69) is 5.32 Å². The zero-order valence-corrected chi connectivity index (χ0v) is 12.9. The van der Waals surface area contributed by atoms with E-state index in [0.29, 0.717) is 5.02 Å². The number of amides is 1. The molecule has 0 aliphatic heterocycles. The molecule has 2 rings (SSSR count). The van der Waals surface area contributed by atoms with Gasteiger partial charge in [0.15, 0.2) is 0 Å². The average molecular weight is 304 g/mol. The van der Waals surface area contributed by atoms with Crippen LogP contribution >= 0.6 is 11.6 Å². The van der Waals surface area contributed by atoms with E-state index < -0.39 is 0 Å². The first-order chi connectivity index (χ1) is 10.1. The summed E-state index contributed by atoms with van der Waals surface area (Å²) in [5, 5.41) is 3.61. The van der Waals surface area contributed by atoms with Crippen LogP contribution < -0.4 is 10.1 Å². The van der Waals surface area contributed by atoms with Gasteiger partial charge in [-0.15, -0.1) is 0 Å². The third-order valence-corrected chi connectivity index (χ3v) is 3.64. The summed E-state index contributed by atoms with van der Waals surface area (Å²) in [6.45, 7) is 1.92. The summed E-state index contributed by atoms with van der Waals surface area (Å²) in [7, 11) is 1.60. The molecule has 0 heterocycles. The molecule has 110 valence electrons. The van der Waals surface area contributed by atoms with Crippen molar-refractivity contribution in [1.82, 2.24) is 5.32 Å². The number of methoxy groups -OCH3 is 1. The van der Waals surface area contributed by atoms with Crippen LogP contribution in [0.4, 0.5) is 0 Å². The van der Waals surface area contributed by atoms with Gasteiger partial charge in [-0.05, 0) is 24.6 Å². The SMILES string of the molecule is COc1ccccc1CC(=O)NC(C)c1ccccc1Cl. The molecular formula is C17H18ClNO2. The summed E-state index contributed by atoms with van der Waals surface area (Å²) < 4.78 is 5.25. The number of hydrogen-bond acceptors (Lipinski definition) is 2. The molecule has 4 heteroatoms. The second kappa shape index (κ2) is 7.14. The van der Waals surface area contributed by atoms with Crippen molar-refractivity contribution >= 4 is 17.5 Å². The summed E-state index contributed by atoms with van der Waals surface area (Å²) in [6.07, 6.45) is 0.277. The zero-order valence-electron chi connectivity index (χ0n) is 12.1. The van der Waals surface area contributed by atoms with Crippen LogP contribution in [-0.4, -0.2) is 13.0 Å². The molecule has 2 aromatic carbocycles. The Morgan fingerprint density at radius 3 is 2.57 bits per heavy atom. The largest absolute Gasteiger partial charge is 0.496 e. The molecule has 0 saturated carbocycles. The lowest BCUT2D eigenvalue weighted by molar-refractivity contribution is -0.121. The fourth-order valence-electron chi connectivity index (χ4n) is 2.22. The molecule has 0 aromatic heterocycles. The number of carbonyl (C=O) groups excluding carboxylic acids is 1. The van der Waals surface area contributed by atoms with Crippen molar-refractivity contribution in [2.45, 2.75) is 19.4 Å². The molecule has 1 atom stereocenters. The Balaban J connectivity index is 2.03. The Morgan fingerprint density at radius 1 is 1.19 bits per heavy atom. The lowest BCUT2D eigenvalue weighted by Gasteiger charge is -2.16. The summed E-state index contributed by atoms with van der Waals surface area (Å²) in [5.41, 5.74) is 1.77. The predicted octanol–water partition coefficient (Wildman–Crippen LogP) is 3.77. The minimum absolute atomic E-state index is 0.0630. The van der Waals surface area contributed by atoms with Gasteiger partial charge in [-0.25, -0.2) is 0 Å². The highest BCUT2D eigenvalue weighted by Crippen LogP contribution is 2.23. The lowest BCUT2D eigenvalue weighted by atomic mass is 10.1. The fourth-order valence-corrected chi connectivity index (χ4v) is 2.52. The molecule has 0 spiro atoms. The van der Waals surface area contributed by atoms with Gasteiger partial charge in [0.2, 0.25) is 5.91 Å². The summed E-state index contributed by atoms with van der Waals surface area (Å²) >= 11 is 6.14. The van der Waals surface area contributed by atoms with Crippen LogP contribution in [0.15, 0.2) is 48.5 Å². The van der Waals surface area contributed by atoms with Crippen LogP contribution in [0.25, 0.3) is 0 Å². The Labute approximate surface area is 129 Å². The van der Waals surface area contributed by atoms with E-state index in [-0.39, 0.29) is 18.4 Å². The molecule has 2 aromatic rings. The van der Waals surface area contributed by atoms with Gasteiger partial charge in [0.1, 0.15) is 5.75 Å². The molecule has 1 amide bonds. The molecule has 0 saturated heterocycles. The highest BCUT2D eigenvalue weighted by Gasteiger charge is 2.14. The highest BCUT2D eigenvalue weighted by molar-refractivity contribution is 6.31. The van der Waals surface area contributed by atoms with Crippen molar-refractivity contribution in [3.8, 4) is 5.75 Å². The number of rotatable bonds is 5. The lowest BCUT2D eigenvalue weighted by Crippen LogP contribution is -2.28. The first-order valence-electron chi connectivity index (χ1n) is 6.77. The second-order valence-corrected chi connectivity index (χ2v) is 5.21. The Hall–Kier alpha value is -2.00. The van der Waals surface area contributed by atoms with Gasteiger partial charge in [-0.1, -0.05) is 48.0 Å². The Kier molecular flexibility index (Phi) is 5.23. The minimum Gasteiger partial charge on any atom is -0.496 e. The van der Waals surface area contributed by atoms with Crippen LogP contribution in [0.2, 0.25) is 5.02 Å². The molecule has 21 heavy (non-hydrogen) atoms. The van der Waals surface area contributed by atoms with Crippen LogP contribution in [-0.2, 0) is 11.2 Å². The van der Waals surface area contributed by atoms with E-state index in [1.807, 2.05) is 55.5 Å². The van der Waals surface area contributed by atoms with E-state index in [4.69, 9.17) is 16.3 Å². The third kappa shape index (κ3) is 3.99. The molecule has 0 radical (unpaired) electrons. The third-order valence-electron chi connectivity index (χ3n) is 3.29. The molecule has 3 nitrogen and oxygen atoms in total. The van der Waals surface area contributed by atoms with Crippen LogP contribution in [0.3, 0.4) is 0 Å². The standard InChI is InChI=1S/C17H18ClNO2/c1-12(14-8-4-5-9-15(14)18)19-17(20)11-13-7-3-6-10-16(13)21-2/h3-10,12H,11H2,1-2H3,(H,19,20). The number of para-hydroxylation sites is 1. The van der Waals surface area contributed by atoms with Crippen LogP contribution in [0.1, 0.15) is 24.1 Å². The summed E-state index contributed by atoms with van der Waals surface area (Å²) in [6, 6.07) is 14.9. The monoisotopic (exact) mass is 303 g/mol. The Bertz CT molecular complexity index is 628. The van der Waals surface area contributed by atoms with E-state index in [9.17, 15) is 4.79 Å². The van der Waals surface area contributed by atoms with Gasteiger partial charge in [0, 0.05) is 10.6 Å². The van der Waals surface area contributed by atoms with Crippen molar-refractivity contribution in [3.63, 3.8) is 0 Å². The van der Waals surface area contributed by atoms with E-state index in [1.54, 1.807) is 7.11 Å². The van der Waals surface area contributed by atoms with Gasteiger partial charge in [-0.2, -0.15) is 0 Å². The first-order valence-corrected chi connectivity index (χ1v) is 7.15. The quantitative estimate of drug-likeness (QED) is 0.913. The number of ether oxygens (including phenoxy) is 1. The number of hydrogen-bond donors (Lipinski definition) is 1. The Morgan fingerprint density at radius 2 is 1.86 bits per heavy atom. The fraction of sp³-hybridized carbons (Fsp3) is 0.235. The van der Waals surface area contributed by atoms with Crippen molar-refractivity contribution in [3.05, 3.63) is 64.7 Å². The van der Waals surface area contributed by atoms with Gasteiger partial charge in [0.05, 0.1) is 19.6 Å². The van der Waals surface area contributed by atoms with Gasteiger partial charge < -0.3 is 10.1 Å². The summed E-state index contributed by atoms with van der Waals surface area (Å²) in [5.74, 6) is 0.657. The molecule has 0 bridgehead atoms. The van der Waals surface area contributed by atoms with Crippen molar-refractivity contribution in [2.24, 2.45) is 0 Å². The summed E-state index contributed by atoms with van der Waals surface area (Å²) in [4.78, 5) is 12.2. The maximum absolute atomic E-state index is 12.2. The van der Waals surface area contributed by atoms with E-state index in [1.165, 1.54) is 0 Å². The number of halogens is 1. The van der Waals surface area contributed by atoms with Crippen molar-refractivity contribution in [1.29, 1.82) is 0 Å². The first kappa shape index (κ1) is 15.4. The number of carbonyl (C=O) groups is 1. The molecule has 0 fully saturated rings. The zero-order chi connectivity index (χ0) is 15.2.